The number of furan rings is 1. The van der Waals surface area contributed by atoms with Crippen molar-refractivity contribution in [3.63, 3.8) is 0 Å². The van der Waals surface area contributed by atoms with Gasteiger partial charge in [-0.15, -0.1) is 0 Å². The minimum absolute atomic E-state index is 0.102. The fourth-order valence-electron chi connectivity index (χ4n) is 2.36. The van der Waals surface area contributed by atoms with E-state index in [-0.39, 0.29) is 6.54 Å². The summed E-state index contributed by atoms with van der Waals surface area (Å²) >= 11 is 1.35. The van der Waals surface area contributed by atoms with Gasteiger partial charge in [-0.25, -0.2) is 4.98 Å². The van der Waals surface area contributed by atoms with E-state index in [9.17, 15) is 18.3 Å². The van der Waals surface area contributed by atoms with Gasteiger partial charge in [-0.05, 0) is 31.2 Å². The van der Waals surface area contributed by atoms with Crippen LogP contribution in [0.2, 0.25) is 0 Å². The molecule has 0 amide bonds. The molecule has 0 saturated carbocycles. The van der Waals surface area contributed by atoms with E-state index in [1.165, 1.54) is 24.3 Å². The molecule has 0 saturated heterocycles. The number of hydrogen-bond donors (Lipinski definition) is 2. The molecule has 2 aromatic heterocycles. The van der Waals surface area contributed by atoms with Crippen molar-refractivity contribution in [2.45, 2.75) is 25.1 Å². The molecule has 1 atom stereocenters. The highest BCUT2D eigenvalue weighted by atomic mass is 32.1. The number of aryl methyl sites for hydroxylation is 1. The number of alkyl halides is 3. The lowest BCUT2D eigenvalue weighted by atomic mass is 9.96. The van der Waals surface area contributed by atoms with E-state index in [1.807, 2.05) is 24.3 Å². The Hall–Kier alpha value is -2.06. The zero-order valence-corrected chi connectivity index (χ0v) is 13.5. The number of nitrogens with zero attached hydrogens (tertiary/aromatic N) is 1. The topological polar surface area (TPSA) is 58.3 Å². The smallest absolute Gasteiger partial charge is 0.424 e. The maximum absolute atomic E-state index is 13.3. The molecule has 8 heteroatoms. The van der Waals surface area contributed by atoms with Crippen LogP contribution in [0.1, 0.15) is 17.9 Å². The number of aliphatic hydroxyl groups is 1. The van der Waals surface area contributed by atoms with Crippen molar-refractivity contribution in [2.75, 3.05) is 11.9 Å². The summed E-state index contributed by atoms with van der Waals surface area (Å²) in [5.74, 6) is -0.189. The van der Waals surface area contributed by atoms with E-state index in [1.54, 1.807) is 0 Å². The van der Waals surface area contributed by atoms with Gasteiger partial charge in [0.1, 0.15) is 11.5 Å². The molecule has 0 bridgehead atoms. The van der Waals surface area contributed by atoms with Gasteiger partial charge in [0.25, 0.3) is 0 Å². The van der Waals surface area contributed by atoms with Crippen LogP contribution in [-0.2, 0) is 5.60 Å². The molecule has 3 aromatic rings. The molecule has 0 unspecified atom stereocenters. The van der Waals surface area contributed by atoms with Crippen LogP contribution in [0, 0.1) is 6.92 Å². The Bertz CT molecular complexity index is 810. The van der Waals surface area contributed by atoms with Crippen LogP contribution >= 0.6 is 11.3 Å². The van der Waals surface area contributed by atoms with E-state index >= 15 is 0 Å². The second-order valence-electron chi connectivity index (χ2n) is 5.43. The lowest BCUT2D eigenvalue weighted by Gasteiger charge is -2.28. The first-order valence-electron chi connectivity index (χ1n) is 7.25. The molecule has 4 nitrogen and oxygen atoms in total. The molecule has 0 aliphatic carbocycles. The summed E-state index contributed by atoms with van der Waals surface area (Å²) in [5.41, 5.74) is -2.26. The zero-order chi connectivity index (χ0) is 17.4. The molecule has 0 radical (unpaired) electrons. The second kappa shape index (κ2) is 6.10. The highest BCUT2D eigenvalue weighted by Crippen LogP contribution is 2.42. The van der Waals surface area contributed by atoms with Gasteiger partial charge in [-0.2, -0.15) is 13.2 Å². The van der Waals surface area contributed by atoms with Crippen molar-refractivity contribution in [1.82, 2.24) is 4.98 Å². The van der Waals surface area contributed by atoms with Crippen molar-refractivity contribution in [3.8, 4) is 0 Å². The summed E-state index contributed by atoms with van der Waals surface area (Å²) < 4.78 is 46.0. The summed E-state index contributed by atoms with van der Waals surface area (Å²) in [6.45, 7) is 1.43. The number of halogens is 3. The van der Waals surface area contributed by atoms with Crippen LogP contribution in [0.4, 0.5) is 18.3 Å². The number of aromatic nitrogens is 1. The van der Waals surface area contributed by atoms with Crippen LogP contribution in [0.15, 0.2) is 40.8 Å². The Balaban J connectivity index is 1.74. The van der Waals surface area contributed by atoms with Crippen LogP contribution in [0.25, 0.3) is 10.2 Å². The average molecular weight is 356 g/mol. The standard InChI is InChI=1S/C16H15F3N2O2S/c1-10-6-7-13(23-10)15(22,16(17,18)19)8-9-20-14-21-11-4-2-3-5-12(11)24-14/h2-7,22H,8-9H2,1H3,(H,20,21)/t15-/m0/s1. The van der Waals surface area contributed by atoms with Gasteiger partial charge in [0.15, 0.2) is 5.13 Å². The molecular weight excluding hydrogens is 341 g/mol. The van der Waals surface area contributed by atoms with Gasteiger partial charge in [-0.1, -0.05) is 23.5 Å². The summed E-state index contributed by atoms with van der Waals surface area (Å²) in [6.07, 6.45) is -5.42. The number of anilines is 1. The zero-order valence-electron chi connectivity index (χ0n) is 12.7. The molecule has 3 rings (SSSR count). The van der Waals surface area contributed by atoms with E-state index in [2.05, 4.69) is 10.3 Å². The van der Waals surface area contributed by atoms with Crippen molar-refractivity contribution >= 4 is 26.7 Å². The number of fused-ring (bicyclic) bond motifs is 1. The highest BCUT2D eigenvalue weighted by molar-refractivity contribution is 7.22. The van der Waals surface area contributed by atoms with Gasteiger partial charge in [0, 0.05) is 13.0 Å². The van der Waals surface area contributed by atoms with Crippen LogP contribution < -0.4 is 5.32 Å². The number of para-hydroxylation sites is 1. The minimum atomic E-state index is -4.84. The number of rotatable bonds is 5. The fraction of sp³-hybridized carbons (Fsp3) is 0.312. The molecule has 24 heavy (non-hydrogen) atoms. The van der Waals surface area contributed by atoms with Gasteiger partial charge in [-0.3, -0.25) is 0 Å². The second-order valence-corrected chi connectivity index (χ2v) is 6.46. The number of nitrogens with one attached hydrogen (secondary N) is 1. The Kier molecular flexibility index (Phi) is 4.27. The molecule has 2 N–H and O–H groups in total. The Labute approximate surface area is 139 Å². The maximum Gasteiger partial charge on any atom is 0.424 e. The first-order valence-corrected chi connectivity index (χ1v) is 8.07. The summed E-state index contributed by atoms with van der Waals surface area (Å²) in [5, 5.41) is 13.5. The molecule has 0 spiro atoms. The summed E-state index contributed by atoms with van der Waals surface area (Å²) in [6, 6.07) is 9.97. The first kappa shape index (κ1) is 16.8. The van der Waals surface area contributed by atoms with E-state index in [0.29, 0.717) is 10.9 Å². The molecule has 0 fully saturated rings. The Morgan fingerprint density at radius 1 is 1.21 bits per heavy atom. The maximum atomic E-state index is 13.3. The number of hydrogen-bond acceptors (Lipinski definition) is 5. The third kappa shape index (κ3) is 3.11. The predicted octanol–water partition coefficient (Wildman–Crippen LogP) is 4.45. The van der Waals surface area contributed by atoms with Crippen molar-refractivity contribution < 1.29 is 22.7 Å². The summed E-state index contributed by atoms with van der Waals surface area (Å²) in [7, 11) is 0. The lowest BCUT2D eigenvalue weighted by molar-refractivity contribution is -0.274. The van der Waals surface area contributed by atoms with E-state index in [0.717, 1.165) is 16.3 Å². The fourth-order valence-corrected chi connectivity index (χ4v) is 3.25. The van der Waals surface area contributed by atoms with Crippen LogP contribution in [0.5, 0.6) is 0 Å². The first-order chi connectivity index (χ1) is 11.3. The average Bonchev–Trinajstić information content (AvgIpc) is 3.11. The monoisotopic (exact) mass is 356 g/mol. The van der Waals surface area contributed by atoms with Gasteiger partial charge >= 0.3 is 6.18 Å². The largest absolute Gasteiger partial charge is 0.463 e. The van der Waals surface area contributed by atoms with Crippen LogP contribution in [0.3, 0.4) is 0 Å². The Morgan fingerprint density at radius 3 is 2.58 bits per heavy atom. The molecular formula is C16H15F3N2O2S. The highest BCUT2D eigenvalue weighted by Gasteiger charge is 2.56. The quantitative estimate of drug-likeness (QED) is 0.709. The molecule has 128 valence electrons. The third-order valence-corrected chi connectivity index (χ3v) is 4.67. The van der Waals surface area contributed by atoms with Gasteiger partial charge < -0.3 is 14.8 Å². The van der Waals surface area contributed by atoms with Crippen molar-refractivity contribution in [1.29, 1.82) is 0 Å². The number of benzene rings is 1. The normalized spacial score (nSPS) is 14.7. The molecule has 1 aromatic carbocycles. The predicted molar refractivity (Wildman–Crippen MR) is 86.1 cm³/mol. The third-order valence-electron chi connectivity index (χ3n) is 3.67. The molecule has 2 heterocycles. The van der Waals surface area contributed by atoms with Crippen molar-refractivity contribution in [2.24, 2.45) is 0 Å². The van der Waals surface area contributed by atoms with E-state index in [4.69, 9.17) is 4.42 Å². The van der Waals surface area contributed by atoms with Gasteiger partial charge in [0.05, 0.1) is 10.2 Å². The lowest BCUT2D eigenvalue weighted by Crippen LogP contribution is -2.43. The SMILES string of the molecule is Cc1ccc([C@@](O)(CCNc2nc3ccccc3s2)C(F)(F)F)o1. The van der Waals surface area contributed by atoms with Crippen LogP contribution in [-0.4, -0.2) is 22.8 Å². The summed E-state index contributed by atoms with van der Waals surface area (Å²) in [4.78, 5) is 4.29. The van der Waals surface area contributed by atoms with Crippen molar-refractivity contribution in [3.05, 3.63) is 47.9 Å². The van der Waals surface area contributed by atoms with E-state index < -0.39 is 24.0 Å². The number of thiazole rings is 1. The van der Waals surface area contributed by atoms with Gasteiger partial charge in [0.2, 0.25) is 5.60 Å². The molecule has 0 aliphatic heterocycles. The minimum Gasteiger partial charge on any atom is -0.463 e. The Morgan fingerprint density at radius 2 is 1.96 bits per heavy atom. The molecule has 0 aliphatic rings.